The molecule has 1 aromatic carbocycles. The van der Waals surface area contributed by atoms with Gasteiger partial charge >= 0.3 is 0 Å². The molecule has 1 unspecified atom stereocenters. The topological polar surface area (TPSA) is 71.5 Å². The highest BCUT2D eigenvalue weighted by Crippen LogP contribution is 2.16. The molecule has 0 aliphatic rings. The van der Waals surface area contributed by atoms with E-state index in [4.69, 9.17) is 4.74 Å². The van der Waals surface area contributed by atoms with Crippen molar-refractivity contribution in [2.75, 3.05) is 6.54 Å². The van der Waals surface area contributed by atoms with Crippen molar-refractivity contribution in [3.63, 3.8) is 0 Å². The van der Waals surface area contributed by atoms with Crippen LogP contribution in [0, 0.1) is 5.82 Å². The van der Waals surface area contributed by atoms with Crippen LogP contribution in [0.2, 0.25) is 0 Å². The molecule has 0 bridgehead atoms. The highest BCUT2D eigenvalue weighted by atomic mass is 19.1. The Labute approximate surface area is 134 Å². The molecule has 2 N–H and O–H groups in total. The fraction of sp³-hybridized carbons (Fsp3) is 0.294. The molecule has 1 amide bonds. The zero-order valence-electron chi connectivity index (χ0n) is 13.0. The zero-order chi connectivity index (χ0) is 16.8. The smallest absolute Gasteiger partial charge is 0.270 e. The first-order valence-corrected chi connectivity index (χ1v) is 7.31. The van der Waals surface area contributed by atoms with Crippen LogP contribution in [0.5, 0.6) is 5.88 Å². The fourth-order valence-electron chi connectivity index (χ4n) is 1.98. The first-order chi connectivity index (χ1) is 11.0. The molecular formula is C17H19FN2O3. The second kappa shape index (κ2) is 7.69. The van der Waals surface area contributed by atoms with E-state index in [-0.39, 0.29) is 23.9 Å². The monoisotopic (exact) mass is 318 g/mol. The molecule has 1 atom stereocenters. The number of hydrogen-bond acceptors (Lipinski definition) is 4. The number of aliphatic hydroxyl groups excluding tert-OH is 1. The van der Waals surface area contributed by atoms with E-state index >= 15 is 0 Å². The summed E-state index contributed by atoms with van der Waals surface area (Å²) in [5.41, 5.74) is 0.307. The number of aromatic nitrogens is 1. The first kappa shape index (κ1) is 16.9. The summed E-state index contributed by atoms with van der Waals surface area (Å²) in [6.45, 7) is 3.61. The molecular weight excluding hydrogens is 299 g/mol. The average Bonchev–Trinajstić information content (AvgIpc) is 2.52. The average molecular weight is 318 g/mol. The van der Waals surface area contributed by atoms with Crippen LogP contribution in [0.3, 0.4) is 0 Å². The number of carbonyl (C=O) groups excluding carboxylic acids is 1. The summed E-state index contributed by atoms with van der Waals surface area (Å²) in [4.78, 5) is 16.2. The molecule has 6 heteroatoms. The number of pyridine rings is 1. The summed E-state index contributed by atoms with van der Waals surface area (Å²) >= 11 is 0. The van der Waals surface area contributed by atoms with Crippen LogP contribution in [0.15, 0.2) is 42.5 Å². The molecule has 0 spiro atoms. The van der Waals surface area contributed by atoms with Crippen LogP contribution >= 0.6 is 0 Å². The van der Waals surface area contributed by atoms with E-state index in [1.165, 1.54) is 24.3 Å². The number of nitrogens with zero attached hydrogens (tertiary/aromatic N) is 1. The third-order valence-corrected chi connectivity index (χ3v) is 3.03. The van der Waals surface area contributed by atoms with Gasteiger partial charge in [0.2, 0.25) is 5.88 Å². The van der Waals surface area contributed by atoms with Crippen molar-refractivity contribution in [3.8, 4) is 5.88 Å². The van der Waals surface area contributed by atoms with Gasteiger partial charge in [-0.2, -0.15) is 0 Å². The highest BCUT2D eigenvalue weighted by Gasteiger charge is 2.15. The number of hydrogen-bond donors (Lipinski definition) is 2. The minimum absolute atomic E-state index is 0.0521. The number of ether oxygens (including phenoxy) is 1. The van der Waals surface area contributed by atoms with Crippen molar-refractivity contribution in [2.24, 2.45) is 0 Å². The Morgan fingerprint density at radius 3 is 2.70 bits per heavy atom. The summed E-state index contributed by atoms with van der Waals surface area (Å²) in [5, 5.41) is 12.5. The van der Waals surface area contributed by atoms with E-state index in [2.05, 4.69) is 10.3 Å². The van der Waals surface area contributed by atoms with Gasteiger partial charge in [0.05, 0.1) is 12.2 Å². The minimum atomic E-state index is -1.13. The number of nitrogens with one attached hydrogen (secondary N) is 1. The third kappa shape index (κ3) is 4.75. The number of aliphatic hydroxyl groups is 1. The largest absolute Gasteiger partial charge is 0.475 e. The predicted molar refractivity (Wildman–Crippen MR) is 83.7 cm³/mol. The van der Waals surface area contributed by atoms with E-state index in [1.807, 2.05) is 13.8 Å². The van der Waals surface area contributed by atoms with Crippen LogP contribution in [0.25, 0.3) is 0 Å². The van der Waals surface area contributed by atoms with Crippen LogP contribution in [0.4, 0.5) is 4.39 Å². The molecule has 2 rings (SSSR count). The molecule has 0 saturated carbocycles. The van der Waals surface area contributed by atoms with E-state index in [9.17, 15) is 14.3 Å². The van der Waals surface area contributed by atoms with Crippen molar-refractivity contribution in [3.05, 3.63) is 59.5 Å². The Morgan fingerprint density at radius 2 is 2.00 bits per heavy atom. The van der Waals surface area contributed by atoms with Gasteiger partial charge < -0.3 is 15.2 Å². The normalized spacial score (nSPS) is 12.0. The summed E-state index contributed by atoms with van der Waals surface area (Å²) in [6, 6.07) is 10.7. The van der Waals surface area contributed by atoms with Crippen molar-refractivity contribution in [1.29, 1.82) is 0 Å². The second-order valence-corrected chi connectivity index (χ2v) is 5.28. The molecule has 1 heterocycles. The van der Waals surface area contributed by atoms with Gasteiger partial charge in [-0.3, -0.25) is 4.79 Å². The number of rotatable bonds is 6. The Kier molecular flexibility index (Phi) is 5.65. The highest BCUT2D eigenvalue weighted by molar-refractivity contribution is 5.92. The molecule has 23 heavy (non-hydrogen) atoms. The molecule has 0 radical (unpaired) electrons. The quantitative estimate of drug-likeness (QED) is 0.858. The van der Waals surface area contributed by atoms with Gasteiger partial charge in [0, 0.05) is 18.2 Å². The maximum absolute atomic E-state index is 13.6. The predicted octanol–water partition coefficient (Wildman–Crippen LogP) is 2.47. The SMILES string of the molecule is CC(C)Oc1cccc(C(=O)NCC(O)c2ccccc2F)n1. The number of halogens is 1. The lowest BCUT2D eigenvalue weighted by Crippen LogP contribution is -2.29. The fourth-order valence-corrected chi connectivity index (χ4v) is 1.98. The van der Waals surface area contributed by atoms with Crippen molar-refractivity contribution in [1.82, 2.24) is 10.3 Å². The van der Waals surface area contributed by atoms with Crippen LogP contribution < -0.4 is 10.1 Å². The Morgan fingerprint density at radius 1 is 1.26 bits per heavy atom. The van der Waals surface area contributed by atoms with Crippen LogP contribution in [-0.2, 0) is 0 Å². The number of carbonyl (C=O) groups is 1. The Balaban J connectivity index is 1.98. The number of amides is 1. The van der Waals surface area contributed by atoms with Gasteiger partial charge in [-0.1, -0.05) is 24.3 Å². The summed E-state index contributed by atoms with van der Waals surface area (Å²) in [5.74, 6) is -0.628. The van der Waals surface area contributed by atoms with Gasteiger partial charge in [0.15, 0.2) is 0 Å². The van der Waals surface area contributed by atoms with Gasteiger partial charge in [-0.15, -0.1) is 0 Å². The number of benzene rings is 1. The molecule has 122 valence electrons. The van der Waals surface area contributed by atoms with Gasteiger partial charge in [-0.25, -0.2) is 9.37 Å². The standard InChI is InChI=1S/C17H19FN2O3/c1-11(2)23-16-9-5-8-14(20-16)17(22)19-10-15(21)12-6-3-4-7-13(12)18/h3-9,11,15,21H,10H2,1-2H3,(H,19,22). The van der Waals surface area contributed by atoms with E-state index in [0.29, 0.717) is 5.88 Å². The maximum atomic E-state index is 13.6. The van der Waals surface area contributed by atoms with E-state index in [0.717, 1.165) is 0 Å². The lowest BCUT2D eigenvalue weighted by molar-refractivity contribution is 0.0907. The summed E-state index contributed by atoms with van der Waals surface area (Å²) in [7, 11) is 0. The lowest BCUT2D eigenvalue weighted by Gasteiger charge is -2.13. The molecule has 0 saturated heterocycles. The maximum Gasteiger partial charge on any atom is 0.270 e. The van der Waals surface area contributed by atoms with Gasteiger partial charge in [-0.05, 0) is 26.0 Å². The Hall–Kier alpha value is -2.47. The van der Waals surface area contributed by atoms with Crippen molar-refractivity contribution < 1.29 is 19.0 Å². The van der Waals surface area contributed by atoms with Crippen molar-refractivity contribution in [2.45, 2.75) is 26.1 Å². The molecule has 2 aromatic rings. The molecule has 0 aliphatic carbocycles. The zero-order valence-corrected chi connectivity index (χ0v) is 13.0. The summed E-state index contributed by atoms with van der Waals surface area (Å²) in [6.07, 6.45) is -1.18. The molecule has 0 fully saturated rings. The van der Waals surface area contributed by atoms with E-state index < -0.39 is 17.8 Å². The molecule has 0 aliphatic heterocycles. The third-order valence-electron chi connectivity index (χ3n) is 3.03. The first-order valence-electron chi connectivity index (χ1n) is 7.31. The van der Waals surface area contributed by atoms with Crippen molar-refractivity contribution >= 4 is 5.91 Å². The minimum Gasteiger partial charge on any atom is -0.475 e. The Bertz CT molecular complexity index is 676. The summed E-state index contributed by atoms with van der Waals surface area (Å²) < 4.78 is 19.0. The van der Waals surface area contributed by atoms with Gasteiger partial charge in [0.25, 0.3) is 5.91 Å². The molecule has 1 aromatic heterocycles. The van der Waals surface area contributed by atoms with Crippen LogP contribution in [-0.4, -0.2) is 28.6 Å². The molecule has 5 nitrogen and oxygen atoms in total. The van der Waals surface area contributed by atoms with E-state index in [1.54, 1.807) is 18.2 Å². The van der Waals surface area contributed by atoms with Crippen LogP contribution in [0.1, 0.15) is 36.0 Å². The second-order valence-electron chi connectivity index (χ2n) is 5.28. The van der Waals surface area contributed by atoms with Gasteiger partial charge in [0.1, 0.15) is 11.5 Å². The lowest BCUT2D eigenvalue weighted by atomic mass is 10.1.